The average Bonchev–Trinajstić information content (AvgIpc) is 2.67. The van der Waals surface area contributed by atoms with Gasteiger partial charge in [-0.25, -0.2) is 4.39 Å². The van der Waals surface area contributed by atoms with Crippen LogP contribution in [0, 0.1) is 12.7 Å². The number of benzene rings is 1. The number of halogens is 1. The molecule has 94 valence electrons. The predicted molar refractivity (Wildman–Crippen MR) is 69.8 cm³/mol. The minimum Gasteiger partial charge on any atom is -0.369 e. The number of hydrogen-bond acceptors (Lipinski definition) is 2. The van der Waals surface area contributed by atoms with E-state index in [-0.39, 0.29) is 11.9 Å². The monoisotopic (exact) mass is 236 g/mol. The van der Waals surface area contributed by atoms with Crippen molar-refractivity contribution in [3.8, 4) is 0 Å². The number of aryl methyl sites for hydroxylation is 1. The van der Waals surface area contributed by atoms with Crippen molar-refractivity contribution in [3.05, 3.63) is 29.1 Å². The molecule has 0 aliphatic carbocycles. The maximum absolute atomic E-state index is 13.6. The van der Waals surface area contributed by atoms with Gasteiger partial charge in [-0.15, -0.1) is 0 Å². The summed E-state index contributed by atoms with van der Waals surface area (Å²) < 4.78 is 13.6. The van der Waals surface area contributed by atoms with Gasteiger partial charge in [0.15, 0.2) is 0 Å². The van der Waals surface area contributed by atoms with E-state index >= 15 is 0 Å². The van der Waals surface area contributed by atoms with Crippen molar-refractivity contribution in [1.29, 1.82) is 0 Å². The first kappa shape index (κ1) is 12.4. The third kappa shape index (κ3) is 2.29. The molecule has 0 aromatic heterocycles. The molecule has 2 N–H and O–H groups in total. The van der Waals surface area contributed by atoms with Crippen LogP contribution >= 0.6 is 0 Å². The molecular weight excluding hydrogens is 215 g/mol. The zero-order valence-corrected chi connectivity index (χ0v) is 10.8. The van der Waals surface area contributed by atoms with E-state index < -0.39 is 0 Å². The first-order valence-electron chi connectivity index (χ1n) is 6.33. The van der Waals surface area contributed by atoms with Crippen LogP contribution in [0.4, 0.5) is 10.1 Å². The Balaban J connectivity index is 2.47. The van der Waals surface area contributed by atoms with Crippen LogP contribution in [0.1, 0.15) is 43.9 Å². The Morgan fingerprint density at radius 3 is 2.71 bits per heavy atom. The lowest BCUT2D eigenvalue weighted by Gasteiger charge is -2.28. The second-order valence-corrected chi connectivity index (χ2v) is 5.13. The molecule has 3 heteroatoms. The van der Waals surface area contributed by atoms with E-state index in [1.807, 2.05) is 19.9 Å². The highest BCUT2D eigenvalue weighted by atomic mass is 19.1. The highest BCUT2D eigenvalue weighted by molar-refractivity contribution is 5.58. The van der Waals surface area contributed by atoms with Crippen LogP contribution in [-0.2, 0) is 0 Å². The smallest absolute Gasteiger partial charge is 0.126 e. The third-order valence-corrected chi connectivity index (χ3v) is 3.66. The lowest BCUT2D eigenvalue weighted by Crippen LogP contribution is -2.28. The van der Waals surface area contributed by atoms with E-state index in [4.69, 9.17) is 5.73 Å². The Morgan fingerprint density at radius 1 is 1.47 bits per heavy atom. The lowest BCUT2D eigenvalue weighted by atomic mass is 10.0. The SMILES string of the molecule is Cc1cc(N2CCCC2C)c([C@@H](C)N)cc1F. The van der Waals surface area contributed by atoms with E-state index in [0.717, 1.165) is 17.8 Å². The summed E-state index contributed by atoms with van der Waals surface area (Å²) in [6.45, 7) is 6.99. The van der Waals surface area contributed by atoms with Gasteiger partial charge in [0.25, 0.3) is 0 Å². The zero-order chi connectivity index (χ0) is 12.6. The number of nitrogens with zero attached hydrogens (tertiary/aromatic N) is 1. The molecule has 2 atom stereocenters. The molecule has 1 fully saturated rings. The molecule has 0 amide bonds. The van der Waals surface area contributed by atoms with Crippen molar-refractivity contribution in [1.82, 2.24) is 0 Å². The molecule has 0 radical (unpaired) electrons. The summed E-state index contributed by atoms with van der Waals surface area (Å²) in [5.74, 6) is -0.159. The fourth-order valence-corrected chi connectivity index (χ4v) is 2.59. The Labute approximate surface area is 103 Å². The standard InChI is InChI=1S/C14H21FN2/c1-9-7-14(17-6-4-5-10(17)2)12(11(3)16)8-13(9)15/h7-8,10-11H,4-6,16H2,1-3H3/t10?,11-/m1/s1. The maximum Gasteiger partial charge on any atom is 0.126 e. The fraction of sp³-hybridized carbons (Fsp3) is 0.571. The van der Waals surface area contributed by atoms with Crippen molar-refractivity contribution in [3.63, 3.8) is 0 Å². The molecule has 1 unspecified atom stereocenters. The van der Waals surface area contributed by atoms with Crippen molar-refractivity contribution in [2.24, 2.45) is 5.73 Å². The molecule has 1 aliphatic heterocycles. The van der Waals surface area contributed by atoms with Crippen molar-refractivity contribution >= 4 is 5.69 Å². The molecule has 2 nitrogen and oxygen atoms in total. The Morgan fingerprint density at radius 2 is 2.18 bits per heavy atom. The van der Waals surface area contributed by atoms with E-state index in [1.54, 1.807) is 6.07 Å². The molecule has 1 saturated heterocycles. The second kappa shape index (κ2) is 4.65. The van der Waals surface area contributed by atoms with Crippen molar-refractivity contribution in [2.75, 3.05) is 11.4 Å². The largest absolute Gasteiger partial charge is 0.369 e. The van der Waals surface area contributed by atoms with Gasteiger partial charge in [-0.3, -0.25) is 0 Å². The molecular formula is C14H21FN2. The molecule has 1 heterocycles. The number of rotatable bonds is 2. The van der Waals surface area contributed by atoms with E-state index in [0.29, 0.717) is 11.6 Å². The van der Waals surface area contributed by atoms with Gasteiger partial charge in [0.05, 0.1) is 0 Å². The van der Waals surface area contributed by atoms with Gasteiger partial charge in [-0.05, 0) is 56.9 Å². The number of anilines is 1. The van der Waals surface area contributed by atoms with Gasteiger partial charge in [-0.2, -0.15) is 0 Å². The third-order valence-electron chi connectivity index (χ3n) is 3.66. The molecule has 1 aromatic rings. The van der Waals surface area contributed by atoms with Crippen LogP contribution in [0.25, 0.3) is 0 Å². The first-order chi connectivity index (χ1) is 8.00. The predicted octanol–water partition coefficient (Wildman–Crippen LogP) is 3.14. The summed E-state index contributed by atoms with van der Waals surface area (Å²) in [5, 5.41) is 0. The number of hydrogen-bond donors (Lipinski definition) is 1. The molecule has 1 aliphatic rings. The van der Waals surface area contributed by atoms with E-state index in [2.05, 4.69) is 11.8 Å². The number of nitrogens with two attached hydrogens (primary N) is 1. The Bertz CT molecular complexity index is 415. The highest BCUT2D eigenvalue weighted by Gasteiger charge is 2.24. The molecule has 1 aromatic carbocycles. The van der Waals surface area contributed by atoms with Gasteiger partial charge < -0.3 is 10.6 Å². The normalized spacial score (nSPS) is 21.9. The lowest BCUT2D eigenvalue weighted by molar-refractivity contribution is 0.611. The van der Waals surface area contributed by atoms with Gasteiger partial charge in [0.1, 0.15) is 5.82 Å². The summed E-state index contributed by atoms with van der Waals surface area (Å²) in [6.07, 6.45) is 2.41. The fourth-order valence-electron chi connectivity index (χ4n) is 2.59. The average molecular weight is 236 g/mol. The molecule has 0 saturated carbocycles. The molecule has 0 spiro atoms. The summed E-state index contributed by atoms with van der Waals surface area (Å²) in [4.78, 5) is 2.35. The Hall–Kier alpha value is -1.09. The van der Waals surface area contributed by atoms with Crippen LogP contribution in [0.3, 0.4) is 0 Å². The first-order valence-corrected chi connectivity index (χ1v) is 6.33. The quantitative estimate of drug-likeness (QED) is 0.854. The summed E-state index contributed by atoms with van der Waals surface area (Å²) in [6, 6.07) is 3.93. The van der Waals surface area contributed by atoms with Crippen LogP contribution in [0.5, 0.6) is 0 Å². The van der Waals surface area contributed by atoms with Gasteiger partial charge in [-0.1, -0.05) is 0 Å². The van der Waals surface area contributed by atoms with E-state index in [9.17, 15) is 4.39 Å². The van der Waals surface area contributed by atoms with E-state index in [1.165, 1.54) is 12.8 Å². The maximum atomic E-state index is 13.6. The molecule has 17 heavy (non-hydrogen) atoms. The second-order valence-electron chi connectivity index (χ2n) is 5.13. The summed E-state index contributed by atoms with van der Waals surface area (Å²) in [5.41, 5.74) is 8.68. The van der Waals surface area contributed by atoms with Crippen LogP contribution in [-0.4, -0.2) is 12.6 Å². The summed E-state index contributed by atoms with van der Waals surface area (Å²) in [7, 11) is 0. The minimum atomic E-state index is -0.159. The highest BCUT2D eigenvalue weighted by Crippen LogP contribution is 2.33. The molecule has 0 bridgehead atoms. The van der Waals surface area contributed by atoms with Crippen LogP contribution in [0.15, 0.2) is 12.1 Å². The van der Waals surface area contributed by atoms with Gasteiger partial charge >= 0.3 is 0 Å². The van der Waals surface area contributed by atoms with Crippen molar-refractivity contribution in [2.45, 2.75) is 45.7 Å². The topological polar surface area (TPSA) is 29.3 Å². The van der Waals surface area contributed by atoms with Crippen LogP contribution in [0.2, 0.25) is 0 Å². The Kier molecular flexibility index (Phi) is 3.38. The minimum absolute atomic E-state index is 0.132. The van der Waals surface area contributed by atoms with Crippen LogP contribution < -0.4 is 10.6 Å². The van der Waals surface area contributed by atoms with Gasteiger partial charge in [0.2, 0.25) is 0 Å². The van der Waals surface area contributed by atoms with Crippen molar-refractivity contribution < 1.29 is 4.39 Å². The van der Waals surface area contributed by atoms with Gasteiger partial charge in [0, 0.05) is 24.3 Å². The summed E-state index contributed by atoms with van der Waals surface area (Å²) >= 11 is 0. The zero-order valence-electron chi connectivity index (χ0n) is 10.8. The molecule has 2 rings (SSSR count).